The van der Waals surface area contributed by atoms with Crippen LogP contribution in [0.2, 0.25) is 0 Å². The van der Waals surface area contributed by atoms with Crippen molar-refractivity contribution >= 4 is 17.8 Å². The van der Waals surface area contributed by atoms with Crippen molar-refractivity contribution in [3.8, 4) is 11.5 Å². The molecule has 0 saturated carbocycles. The zero-order valence-corrected chi connectivity index (χ0v) is 19.6. The van der Waals surface area contributed by atoms with Crippen molar-refractivity contribution in [2.24, 2.45) is 0 Å². The third-order valence-electron chi connectivity index (χ3n) is 6.17. The van der Waals surface area contributed by atoms with Crippen LogP contribution in [0.25, 0.3) is 0 Å². The molecule has 35 heavy (non-hydrogen) atoms. The number of methoxy groups -OCH3 is 2. The van der Waals surface area contributed by atoms with Crippen LogP contribution in [0.5, 0.6) is 11.5 Å². The number of hydrogen-bond donors (Lipinski definition) is 2. The maximum atomic E-state index is 12.7. The first-order chi connectivity index (χ1) is 17.1. The predicted molar refractivity (Wildman–Crippen MR) is 134 cm³/mol. The van der Waals surface area contributed by atoms with Crippen molar-refractivity contribution in [3.63, 3.8) is 0 Å². The minimum atomic E-state index is -0.182. The number of rotatable bonds is 7. The Balaban J connectivity index is 1.39. The third kappa shape index (κ3) is 4.96. The van der Waals surface area contributed by atoms with Crippen LogP contribution in [-0.2, 0) is 11.2 Å². The Bertz CT molecular complexity index is 1290. The number of nitrogens with one attached hydrogen (secondary N) is 2. The van der Waals surface area contributed by atoms with Crippen LogP contribution in [0.1, 0.15) is 35.2 Å². The summed E-state index contributed by atoms with van der Waals surface area (Å²) in [4.78, 5) is 17.3. The number of anilines is 2. The van der Waals surface area contributed by atoms with Crippen molar-refractivity contribution in [3.05, 3.63) is 95.6 Å². The lowest BCUT2D eigenvalue weighted by molar-refractivity contribution is -0.115. The molecule has 0 saturated heterocycles. The van der Waals surface area contributed by atoms with Gasteiger partial charge >= 0.3 is 0 Å². The lowest BCUT2D eigenvalue weighted by Crippen LogP contribution is -2.28. The van der Waals surface area contributed by atoms with E-state index in [4.69, 9.17) is 9.47 Å². The molecule has 3 aromatic carbocycles. The molecule has 2 heterocycles. The van der Waals surface area contributed by atoms with E-state index in [1.165, 1.54) is 5.56 Å². The quantitative estimate of drug-likeness (QED) is 0.410. The summed E-state index contributed by atoms with van der Waals surface area (Å²) in [6.07, 6.45) is 1.00. The SMILES string of the molecule is COc1ccc(CC(=O)Nc2nc3n(n2)[C@@H](c2ccc(OC)cc2)C[C@@H](c2ccccc2)N3)cc1. The normalized spacial score (nSPS) is 16.6. The van der Waals surface area contributed by atoms with Crippen molar-refractivity contribution < 1.29 is 14.3 Å². The molecule has 1 aliphatic heterocycles. The molecule has 0 radical (unpaired) electrons. The molecule has 2 atom stereocenters. The third-order valence-corrected chi connectivity index (χ3v) is 6.17. The molecule has 8 nitrogen and oxygen atoms in total. The number of carbonyl (C=O) groups is 1. The minimum absolute atomic E-state index is 0.0536. The molecule has 1 aliphatic rings. The highest BCUT2D eigenvalue weighted by Crippen LogP contribution is 2.38. The largest absolute Gasteiger partial charge is 0.497 e. The zero-order chi connectivity index (χ0) is 24.2. The highest BCUT2D eigenvalue weighted by molar-refractivity contribution is 5.90. The summed E-state index contributed by atoms with van der Waals surface area (Å²) < 4.78 is 12.4. The second kappa shape index (κ2) is 9.89. The molecule has 2 N–H and O–H groups in total. The Morgan fingerprint density at radius 3 is 2.26 bits per heavy atom. The molecular formula is C27H27N5O3. The summed E-state index contributed by atoms with van der Waals surface area (Å²) in [5, 5.41) is 11.0. The minimum Gasteiger partial charge on any atom is -0.497 e. The molecule has 0 aliphatic carbocycles. The first-order valence-electron chi connectivity index (χ1n) is 11.5. The topological polar surface area (TPSA) is 90.3 Å². The number of amides is 1. The number of aromatic nitrogens is 3. The van der Waals surface area contributed by atoms with Gasteiger partial charge in [0.2, 0.25) is 11.9 Å². The van der Waals surface area contributed by atoms with E-state index in [0.717, 1.165) is 29.0 Å². The van der Waals surface area contributed by atoms with Gasteiger partial charge in [-0.1, -0.05) is 54.6 Å². The highest BCUT2D eigenvalue weighted by atomic mass is 16.5. The maximum absolute atomic E-state index is 12.7. The van der Waals surface area contributed by atoms with E-state index in [1.807, 2.05) is 71.4 Å². The number of carbonyl (C=O) groups excluding carboxylic acids is 1. The Morgan fingerprint density at radius 2 is 1.60 bits per heavy atom. The Morgan fingerprint density at radius 1 is 0.943 bits per heavy atom. The fourth-order valence-electron chi connectivity index (χ4n) is 4.34. The highest BCUT2D eigenvalue weighted by Gasteiger charge is 2.31. The fourth-order valence-corrected chi connectivity index (χ4v) is 4.34. The summed E-state index contributed by atoms with van der Waals surface area (Å²) in [5.41, 5.74) is 3.14. The first-order valence-corrected chi connectivity index (χ1v) is 11.5. The van der Waals surface area contributed by atoms with Crippen LogP contribution < -0.4 is 20.1 Å². The molecule has 1 amide bonds. The Labute approximate surface area is 203 Å². The lowest BCUT2D eigenvalue weighted by atomic mass is 9.93. The predicted octanol–water partition coefficient (Wildman–Crippen LogP) is 4.62. The fraction of sp³-hybridized carbons (Fsp3) is 0.222. The van der Waals surface area contributed by atoms with E-state index in [0.29, 0.717) is 5.95 Å². The van der Waals surface area contributed by atoms with Crippen LogP contribution >= 0.6 is 0 Å². The van der Waals surface area contributed by atoms with Gasteiger partial charge in [0.15, 0.2) is 0 Å². The Kier molecular flexibility index (Phi) is 6.34. The summed E-state index contributed by atoms with van der Waals surface area (Å²) in [5.74, 6) is 2.26. The molecule has 8 heteroatoms. The van der Waals surface area contributed by atoms with Gasteiger partial charge in [-0.3, -0.25) is 10.1 Å². The van der Waals surface area contributed by atoms with E-state index in [9.17, 15) is 4.79 Å². The monoisotopic (exact) mass is 469 g/mol. The maximum Gasteiger partial charge on any atom is 0.250 e. The second-order valence-corrected chi connectivity index (χ2v) is 8.41. The van der Waals surface area contributed by atoms with Gasteiger partial charge in [0.1, 0.15) is 11.5 Å². The van der Waals surface area contributed by atoms with E-state index >= 15 is 0 Å². The molecule has 0 spiro atoms. The number of nitrogens with zero attached hydrogens (tertiary/aromatic N) is 3. The van der Waals surface area contributed by atoms with Gasteiger partial charge in [-0.2, -0.15) is 4.98 Å². The average Bonchev–Trinajstić information content (AvgIpc) is 3.31. The summed E-state index contributed by atoms with van der Waals surface area (Å²) in [6.45, 7) is 0. The summed E-state index contributed by atoms with van der Waals surface area (Å²) in [7, 11) is 3.27. The first kappa shape index (κ1) is 22.5. The number of benzene rings is 3. The van der Waals surface area contributed by atoms with Gasteiger partial charge < -0.3 is 14.8 Å². The molecule has 5 rings (SSSR count). The smallest absolute Gasteiger partial charge is 0.250 e. The van der Waals surface area contributed by atoms with E-state index < -0.39 is 0 Å². The molecule has 1 aromatic heterocycles. The van der Waals surface area contributed by atoms with E-state index in [2.05, 4.69) is 32.8 Å². The molecule has 0 fully saturated rings. The lowest BCUT2D eigenvalue weighted by Gasteiger charge is -2.31. The van der Waals surface area contributed by atoms with Gasteiger partial charge in [-0.25, -0.2) is 4.68 Å². The zero-order valence-electron chi connectivity index (χ0n) is 19.6. The summed E-state index contributed by atoms with van der Waals surface area (Å²) >= 11 is 0. The van der Waals surface area contributed by atoms with Crippen LogP contribution in [0, 0.1) is 0 Å². The standard InChI is InChI=1S/C27H27N5O3/c1-34-21-12-8-18(9-13-21)16-25(33)29-26-30-27-28-23(19-6-4-3-5-7-19)17-24(32(27)31-26)20-10-14-22(35-2)15-11-20/h3-15,23-24H,16-17H2,1-2H3,(H2,28,29,30,31,33)/t23-,24+/m0/s1. The molecule has 178 valence electrons. The average molecular weight is 470 g/mol. The van der Waals surface area contributed by atoms with Crippen molar-refractivity contribution in [2.45, 2.75) is 24.9 Å². The van der Waals surface area contributed by atoms with Crippen LogP contribution in [-0.4, -0.2) is 34.9 Å². The van der Waals surface area contributed by atoms with Crippen molar-refractivity contribution in [2.75, 3.05) is 24.9 Å². The Hall–Kier alpha value is -4.33. The molecular weight excluding hydrogens is 442 g/mol. The van der Waals surface area contributed by atoms with Crippen LogP contribution in [0.4, 0.5) is 11.9 Å². The number of fused-ring (bicyclic) bond motifs is 1. The molecule has 0 bridgehead atoms. The summed E-state index contributed by atoms with van der Waals surface area (Å²) in [6, 6.07) is 25.7. The van der Waals surface area contributed by atoms with Crippen LogP contribution in [0.15, 0.2) is 78.9 Å². The van der Waals surface area contributed by atoms with Crippen molar-refractivity contribution in [1.82, 2.24) is 14.8 Å². The van der Waals surface area contributed by atoms with Crippen LogP contribution in [0.3, 0.4) is 0 Å². The number of ether oxygens (including phenoxy) is 2. The second-order valence-electron chi connectivity index (χ2n) is 8.41. The van der Waals surface area contributed by atoms with E-state index in [-0.39, 0.29) is 30.4 Å². The van der Waals surface area contributed by atoms with Gasteiger partial charge in [0, 0.05) is 0 Å². The van der Waals surface area contributed by atoms with Gasteiger partial charge in [-0.15, -0.1) is 5.10 Å². The van der Waals surface area contributed by atoms with Gasteiger partial charge in [0.25, 0.3) is 5.95 Å². The molecule has 4 aromatic rings. The number of hydrogen-bond acceptors (Lipinski definition) is 6. The van der Waals surface area contributed by atoms with Gasteiger partial charge in [0.05, 0.1) is 32.7 Å². The molecule has 0 unspecified atom stereocenters. The van der Waals surface area contributed by atoms with Gasteiger partial charge in [-0.05, 0) is 47.4 Å². The van der Waals surface area contributed by atoms with E-state index in [1.54, 1.807) is 14.2 Å². The van der Waals surface area contributed by atoms with Crippen molar-refractivity contribution in [1.29, 1.82) is 0 Å².